The van der Waals surface area contributed by atoms with Crippen LogP contribution in [0.4, 0.5) is 0 Å². The molecule has 2 heteroatoms. The molecular formula is C8H16BrN. The lowest BCUT2D eigenvalue weighted by Crippen LogP contribution is -2.28. The molecule has 0 aromatic carbocycles. The molecule has 1 N–H and O–H groups in total. The largest absolute Gasteiger partial charge is 0.316 e. The Morgan fingerprint density at radius 1 is 1.40 bits per heavy atom. The van der Waals surface area contributed by atoms with E-state index in [1.165, 1.54) is 38.8 Å². The zero-order valence-electron chi connectivity index (χ0n) is 6.41. The Balaban J connectivity index is 1.76. The summed E-state index contributed by atoms with van der Waals surface area (Å²) in [6.07, 6.45) is 5.64. The molecule has 1 aliphatic carbocycles. The van der Waals surface area contributed by atoms with Gasteiger partial charge in [-0.15, -0.1) is 0 Å². The smallest absolute Gasteiger partial charge is 0.00433 e. The van der Waals surface area contributed by atoms with E-state index < -0.39 is 0 Å². The molecule has 1 saturated carbocycles. The first kappa shape index (κ1) is 8.54. The molecule has 0 unspecified atom stereocenters. The predicted octanol–water partition coefficient (Wildman–Crippen LogP) is 2.16. The topological polar surface area (TPSA) is 12.0 Å². The van der Waals surface area contributed by atoms with Crippen LogP contribution in [0.2, 0.25) is 0 Å². The number of nitrogens with one attached hydrogen (secondary N) is 1. The third kappa shape index (κ3) is 3.02. The van der Waals surface area contributed by atoms with Gasteiger partial charge in [0.05, 0.1) is 0 Å². The Bertz CT molecular complexity index is 81.3. The lowest BCUT2D eigenvalue weighted by molar-refractivity contribution is 0.302. The van der Waals surface area contributed by atoms with E-state index in [-0.39, 0.29) is 0 Å². The van der Waals surface area contributed by atoms with Crippen molar-refractivity contribution in [2.24, 2.45) is 5.92 Å². The molecule has 0 saturated heterocycles. The van der Waals surface area contributed by atoms with Gasteiger partial charge >= 0.3 is 0 Å². The molecular weight excluding hydrogens is 190 g/mol. The van der Waals surface area contributed by atoms with Crippen LogP contribution in [0, 0.1) is 5.92 Å². The summed E-state index contributed by atoms with van der Waals surface area (Å²) in [4.78, 5) is 0. The van der Waals surface area contributed by atoms with Gasteiger partial charge in [-0.3, -0.25) is 0 Å². The molecule has 1 fully saturated rings. The van der Waals surface area contributed by atoms with Crippen molar-refractivity contribution in [2.45, 2.75) is 25.7 Å². The van der Waals surface area contributed by atoms with Crippen molar-refractivity contribution in [1.29, 1.82) is 0 Å². The maximum atomic E-state index is 3.46. The SMILES string of the molecule is BrCCCNCC1CCC1. The summed E-state index contributed by atoms with van der Waals surface area (Å²) in [5.74, 6) is 1.01. The second kappa shape index (κ2) is 5.14. The molecule has 60 valence electrons. The number of alkyl halides is 1. The number of hydrogen-bond acceptors (Lipinski definition) is 1. The number of hydrogen-bond donors (Lipinski definition) is 1. The van der Waals surface area contributed by atoms with Crippen LogP contribution in [0.15, 0.2) is 0 Å². The highest BCUT2D eigenvalue weighted by molar-refractivity contribution is 9.09. The van der Waals surface area contributed by atoms with Crippen LogP contribution >= 0.6 is 15.9 Å². The van der Waals surface area contributed by atoms with Crippen LogP contribution in [0.1, 0.15) is 25.7 Å². The molecule has 1 rings (SSSR count). The second-order valence-electron chi connectivity index (χ2n) is 3.04. The predicted molar refractivity (Wildman–Crippen MR) is 48.6 cm³/mol. The maximum absolute atomic E-state index is 3.46. The van der Waals surface area contributed by atoms with E-state index in [1.54, 1.807) is 0 Å². The minimum Gasteiger partial charge on any atom is -0.316 e. The van der Waals surface area contributed by atoms with Gasteiger partial charge in [0.25, 0.3) is 0 Å². The van der Waals surface area contributed by atoms with Crippen LogP contribution in [0.3, 0.4) is 0 Å². The van der Waals surface area contributed by atoms with Gasteiger partial charge < -0.3 is 5.32 Å². The van der Waals surface area contributed by atoms with Crippen LogP contribution in [-0.4, -0.2) is 18.4 Å². The monoisotopic (exact) mass is 205 g/mol. The summed E-state index contributed by atoms with van der Waals surface area (Å²) in [5, 5.41) is 4.59. The van der Waals surface area contributed by atoms with Crippen molar-refractivity contribution in [3.8, 4) is 0 Å². The first-order valence-electron chi connectivity index (χ1n) is 4.20. The van der Waals surface area contributed by atoms with Crippen LogP contribution in [-0.2, 0) is 0 Å². The second-order valence-corrected chi connectivity index (χ2v) is 3.84. The third-order valence-electron chi connectivity index (χ3n) is 2.14. The van der Waals surface area contributed by atoms with E-state index in [9.17, 15) is 0 Å². The van der Waals surface area contributed by atoms with Crippen molar-refractivity contribution in [1.82, 2.24) is 5.32 Å². The molecule has 1 aliphatic rings. The normalized spacial score (nSPS) is 18.9. The van der Waals surface area contributed by atoms with E-state index >= 15 is 0 Å². The van der Waals surface area contributed by atoms with Crippen molar-refractivity contribution in [2.75, 3.05) is 18.4 Å². The Kier molecular flexibility index (Phi) is 4.39. The molecule has 0 spiro atoms. The minimum atomic E-state index is 1.01. The van der Waals surface area contributed by atoms with Gasteiger partial charge in [-0.1, -0.05) is 22.4 Å². The highest BCUT2D eigenvalue weighted by atomic mass is 79.9. The Hall–Kier alpha value is 0.440. The molecule has 0 bridgehead atoms. The minimum absolute atomic E-state index is 1.01. The van der Waals surface area contributed by atoms with E-state index in [4.69, 9.17) is 0 Å². The fourth-order valence-electron chi connectivity index (χ4n) is 1.19. The summed E-state index contributed by atoms with van der Waals surface area (Å²) in [5.41, 5.74) is 0. The van der Waals surface area contributed by atoms with E-state index in [0.29, 0.717) is 0 Å². The molecule has 0 aliphatic heterocycles. The van der Waals surface area contributed by atoms with Gasteiger partial charge in [0.2, 0.25) is 0 Å². The molecule has 0 radical (unpaired) electrons. The van der Waals surface area contributed by atoms with Crippen molar-refractivity contribution in [3.05, 3.63) is 0 Å². The molecule has 0 amide bonds. The van der Waals surface area contributed by atoms with Crippen molar-refractivity contribution >= 4 is 15.9 Å². The lowest BCUT2D eigenvalue weighted by Gasteiger charge is -2.25. The summed E-state index contributed by atoms with van der Waals surface area (Å²) in [6, 6.07) is 0. The van der Waals surface area contributed by atoms with Gasteiger partial charge in [0, 0.05) is 5.33 Å². The Labute approximate surface area is 71.7 Å². The van der Waals surface area contributed by atoms with Gasteiger partial charge in [0.15, 0.2) is 0 Å². The van der Waals surface area contributed by atoms with Gasteiger partial charge in [0.1, 0.15) is 0 Å². The number of halogens is 1. The summed E-state index contributed by atoms with van der Waals surface area (Å²) in [7, 11) is 0. The quantitative estimate of drug-likeness (QED) is 0.537. The fourth-order valence-corrected chi connectivity index (χ4v) is 1.48. The number of rotatable bonds is 5. The summed E-state index contributed by atoms with van der Waals surface area (Å²) >= 11 is 3.41. The van der Waals surface area contributed by atoms with Gasteiger partial charge in [-0.25, -0.2) is 0 Å². The standard InChI is InChI=1S/C8H16BrN/c9-5-2-6-10-7-8-3-1-4-8/h8,10H,1-7H2. The first-order chi connectivity index (χ1) is 4.93. The Morgan fingerprint density at radius 2 is 2.20 bits per heavy atom. The molecule has 10 heavy (non-hydrogen) atoms. The van der Waals surface area contributed by atoms with Crippen LogP contribution in [0.25, 0.3) is 0 Å². The molecule has 0 aromatic rings. The van der Waals surface area contributed by atoms with Crippen LogP contribution in [0.5, 0.6) is 0 Å². The molecule has 0 heterocycles. The zero-order chi connectivity index (χ0) is 7.23. The van der Waals surface area contributed by atoms with Crippen molar-refractivity contribution in [3.63, 3.8) is 0 Å². The summed E-state index contributed by atoms with van der Waals surface area (Å²) in [6.45, 7) is 2.44. The lowest BCUT2D eigenvalue weighted by atomic mass is 9.85. The highest BCUT2D eigenvalue weighted by Crippen LogP contribution is 2.24. The molecule has 0 atom stereocenters. The zero-order valence-corrected chi connectivity index (χ0v) is 7.99. The average Bonchev–Trinajstić information content (AvgIpc) is 1.84. The van der Waals surface area contributed by atoms with E-state index in [0.717, 1.165) is 11.2 Å². The molecule has 1 nitrogen and oxygen atoms in total. The van der Waals surface area contributed by atoms with E-state index in [2.05, 4.69) is 21.2 Å². The van der Waals surface area contributed by atoms with Gasteiger partial charge in [-0.2, -0.15) is 0 Å². The van der Waals surface area contributed by atoms with Crippen LogP contribution < -0.4 is 5.32 Å². The van der Waals surface area contributed by atoms with Crippen molar-refractivity contribution < 1.29 is 0 Å². The van der Waals surface area contributed by atoms with E-state index in [1.807, 2.05) is 0 Å². The first-order valence-corrected chi connectivity index (χ1v) is 5.32. The Morgan fingerprint density at radius 3 is 2.70 bits per heavy atom. The highest BCUT2D eigenvalue weighted by Gasteiger charge is 2.15. The van der Waals surface area contributed by atoms with Gasteiger partial charge in [-0.05, 0) is 38.3 Å². The average molecular weight is 206 g/mol. The summed E-state index contributed by atoms with van der Waals surface area (Å²) < 4.78 is 0. The third-order valence-corrected chi connectivity index (χ3v) is 2.71. The fraction of sp³-hybridized carbons (Fsp3) is 1.00. The maximum Gasteiger partial charge on any atom is 0.00433 e. The molecule has 0 aromatic heterocycles.